The molecule has 1 N–H and O–H groups in total. The Morgan fingerprint density at radius 2 is 2.14 bits per heavy atom. The van der Waals surface area contributed by atoms with Crippen molar-refractivity contribution in [1.29, 1.82) is 0 Å². The van der Waals surface area contributed by atoms with Gasteiger partial charge in [0.25, 0.3) is 0 Å². The van der Waals surface area contributed by atoms with Gasteiger partial charge in [0.1, 0.15) is 5.60 Å². The van der Waals surface area contributed by atoms with Gasteiger partial charge >= 0.3 is 6.09 Å². The van der Waals surface area contributed by atoms with Crippen molar-refractivity contribution in [3.8, 4) is 0 Å². The first-order chi connectivity index (χ1) is 9.92. The summed E-state index contributed by atoms with van der Waals surface area (Å²) in [6.45, 7) is 9.34. The van der Waals surface area contributed by atoms with Crippen LogP contribution in [0.25, 0.3) is 0 Å². The maximum Gasteiger partial charge on any atom is 0.407 e. The molecule has 1 saturated heterocycles. The first kappa shape index (κ1) is 15.8. The lowest BCUT2D eigenvalue weighted by Gasteiger charge is -2.21. The third-order valence-electron chi connectivity index (χ3n) is 3.46. The number of carbonyl (C=O) groups is 1. The lowest BCUT2D eigenvalue weighted by atomic mass is 10.1. The predicted molar refractivity (Wildman–Crippen MR) is 81.9 cm³/mol. The Balaban J connectivity index is 1.69. The molecule has 1 unspecified atom stereocenters. The van der Waals surface area contributed by atoms with E-state index in [0.717, 1.165) is 26.1 Å². The van der Waals surface area contributed by atoms with E-state index in [1.54, 1.807) is 0 Å². The number of nitrogens with zero attached hydrogens (tertiary/aromatic N) is 2. The number of hydrogen-bond donors (Lipinski definition) is 1. The fraction of sp³-hybridized carbons (Fsp3) is 0.625. The zero-order chi connectivity index (χ0) is 15.3. The van der Waals surface area contributed by atoms with Crippen molar-refractivity contribution in [3.63, 3.8) is 0 Å². The second-order valence-electron chi connectivity index (χ2n) is 6.63. The predicted octanol–water partition coefficient (Wildman–Crippen LogP) is 2.43. The van der Waals surface area contributed by atoms with Crippen LogP contribution in [0.2, 0.25) is 0 Å². The number of aromatic nitrogens is 1. The molecule has 0 aliphatic carbocycles. The molecule has 1 atom stereocenters. The summed E-state index contributed by atoms with van der Waals surface area (Å²) in [4.78, 5) is 18.1. The van der Waals surface area contributed by atoms with Crippen LogP contribution in [0.1, 0.15) is 32.8 Å². The fourth-order valence-corrected chi connectivity index (χ4v) is 2.51. The van der Waals surface area contributed by atoms with Crippen molar-refractivity contribution in [2.45, 2.75) is 39.3 Å². The molecule has 5 nitrogen and oxygen atoms in total. The van der Waals surface area contributed by atoms with Gasteiger partial charge in [0, 0.05) is 32.0 Å². The van der Waals surface area contributed by atoms with Gasteiger partial charge in [-0.25, -0.2) is 4.79 Å². The molecule has 1 aliphatic rings. The van der Waals surface area contributed by atoms with Gasteiger partial charge in [0.2, 0.25) is 0 Å². The van der Waals surface area contributed by atoms with Gasteiger partial charge in [-0.3, -0.25) is 9.88 Å². The van der Waals surface area contributed by atoms with Crippen LogP contribution in [0.3, 0.4) is 0 Å². The highest BCUT2D eigenvalue weighted by Gasteiger charge is 2.24. The zero-order valence-electron chi connectivity index (χ0n) is 13.1. The van der Waals surface area contributed by atoms with E-state index in [9.17, 15) is 4.79 Å². The van der Waals surface area contributed by atoms with Gasteiger partial charge in [-0.2, -0.15) is 0 Å². The molecule has 1 amide bonds. The summed E-state index contributed by atoms with van der Waals surface area (Å²) in [7, 11) is 0. The van der Waals surface area contributed by atoms with E-state index in [-0.39, 0.29) is 6.09 Å². The topological polar surface area (TPSA) is 54.5 Å². The molecule has 0 spiro atoms. The van der Waals surface area contributed by atoms with Crippen LogP contribution < -0.4 is 5.32 Å². The molecule has 1 aromatic heterocycles. The molecule has 5 heteroatoms. The average molecular weight is 291 g/mol. The summed E-state index contributed by atoms with van der Waals surface area (Å²) >= 11 is 0. The van der Waals surface area contributed by atoms with Gasteiger partial charge in [0.15, 0.2) is 0 Å². The van der Waals surface area contributed by atoms with Gasteiger partial charge in [0.05, 0.1) is 0 Å². The summed E-state index contributed by atoms with van der Waals surface area (Å²) in [5.74, 6) is 0.499. The van der Waals surface area contributed by atoms with Crippen LogP contribution in [0.5, 0.6) is 0 Å². The van der Waals surface area contributed by atoms with Crippen LogP contribution >= 0.6 is 0 Å². The van der Waals surface area contributed by atoms with E-state index < -0.39 is 5.60 Å². The maximum absolute atomic E-state index is 11.6. The van der Waals surface area contributed by atoms with Gasteiger partial charge < -0.3 is 10.1 Å². The Labute approximate surface area is 126 Å². The van der Waals surface area contributed by atoms with Crippen molar-refractivity contribution < 1.29 is 9.53 Å². The Hall–Kier alpha value is -1.62. The van der Waals surface area contributed by atoms with Gasteiger partial charge in [-0.1, -0.05) is 0 Å². The SMILES string of the molecule is CC(C)(C)OC(=O)NCC1CCN(Cc2ccncc2)C1. The molecule has 0 bridgehead atoms. The number of amides is 1. The van der Waals surface area contributed by atoms with Crippen LogP contribution in [-0.4, -0.2) is 41.2 Å². The molecule has 21 heavy (non-hydrogen) atoms. The van der Waals surface area contributed by atoms with Gasteiger partial charge in [-0.15, -0.1) is 0 Å². The maximum atomic E-state index is 11.6. The second-order valence-corrected chi connectivity index (χ2v) is 6.63. The summed E-state index contributed by atoms with van der Waals surface area (Å²) in [6, 6.07) is 4.10. The Bertz CT molecular complexity index is 456. The quantitative estimate of drug-likeness (QED) is 0.925. The number of carbonyl (C=O) groups excluding carboxylic acids is 1. The normalized spacial score (nSPS) is 19.5. The Kier molecular flexibility index (Phi) is 5.17. The largest absolute Gasteiger partial charge is 0.444 e. The molecule has 116 valence electrons. The van der Waals surface area contributed by atoms with Crippen LogP contribution in [0.4, 0.5) is 4.79 Å². The summed E-state index contributed by atoms with van der Waals surface area (Å²) < 4.78 is 5.25. The smallest absolute Gasteiger partial charge is 0.407 e. The van der Waals surface area contributed by atoms with Crippen LogP contribution in [0, 0.1) is 5.92 Å². The molecular formula is C16H25N3O2. The van der Waals surface area contributed by atoms with Crippen molar-refractivity contribution in [3.05, 3.63) is 30.1 Å². The molecule has 2 rings (SSSR count). The Morgan fingerprint density at radius 3 is 2.81 bits per heavy atom. The molecule has 2 heterocycles. The molecule has 1 aliphatic heterocycles. The summed E-state index contributed by atoms with van der Waals surface area (Å²) in [5, 5.41) is 2.87. The van der Waals surface area contributed by atoms with Crippen LogP contribution in [-0.2, 0) is 11.3 Å². The highest BCUT2D eigenvalue weighted by atomic mass is 16.6. The first-order valence-electron chi connectivity index (χ1n) is 7.50. The third kappa shape index (κ3) is 5.71. The average Bonchev–Trinajstić information content (AvgIpc) is 2.83. The van der Waals surface area contributed by atoms with Crippen LogP contribution in [0.15, 0.2) is 24.5 Å². The number of rotatable bonds is 4. The van der Waals surface area contributed by atoms with Crippen molar-refractivity contribution in [2.24, 2.45) is 5.92 Å². The fourth-order valence-electron chi connectivity index (χ4n) is 2.51. The molecule has 1 fully saturated rings. The lowest BCUT2D eigenvalue weighted by Crippen LogP contribution is -2.35. The highest BCUT2D eigenvalue weighted by Crippen LogP contribution is 2.18. The molecule has 0 aromatic carbocycles. The van der Waals surface area contributed by atoms with E-state index >= 15 is 0 Å². The van der Waals surface area contributed by atoms with E-state index in [2.05, 4.69) is 15.2 Å². The number of ether oxygens (including phenoxy) is 1. The van der Waals surface area contributed by atoms with E-state index in [0.29, 0.717) is 12.5 Å². The number of likely N-dealkylation sites (tertiary alicyclic amines) is 1. The standard InChI is InChI=1S/C16H25N3O2/c1-16(2,3)21-15(20)18-10-14-6-9-19(12-14)11-13-4-7-17-8-5-13/h4-5,7-8,14H,6,9-12H2,1-3H3,(H,18,20). The van der Waals surface area contributed by atoms with Gasteiger partial charge in [-0.05, 0) is 57.4 Å². The highest BCUT2D eigenvalue weighted by molar-refractivity contribution is 5.67. The van der Waals surface area contributed by atoms with E-state index in [1.165, 1.54) is 5.56 Å². The number of nitrogens with one attached hydrogen (secondary N) is 1. The van der Waals surface area contributed by atoms with Crippen molar-refractivity contribution >= 4 is 6.09 Å². The minimum absolute atomic E-state index is 0.324. The summed E-state index contributed by atoms with van der Waals surface area (Å²) in [6.07, 6.45) is 4.44. The molecule has 0 radical (unpaired) electrons. The lowest BCUT2D eigenvalue weighted by molar-refractivity contribution is 0.0519. The Morgan fingerprint density at radius 1 is 1.43 bits per heavy atom. The third-order valence-corrected chi connectivity index (χ3v) is 3.46. The van der Waals surface area contributed by atoms with E-state index in [4.69, 9.17) is 4.74 Å². The minimum atomic E-state index is -0.437. The molecular weight excluding hydrogens is 266 g/mol. The molecule has 1 aromatic rings. The summed E-state index contributed by atoms with van der Waals surface area (Å²) in [5.41, 5.74) is 0.846. The first-order valence-corrected chi connectivity index (χ1v) is 7.50. The minimum Gasteiger partial charge on any atom is -0.444 e. The van der Waals surface area contributed by atoms with Crippen molar-refractivity contribution in [2.75, 3.05) is 19.6 Å². The monoisotopic (exact) mass is 291 g/mol. The van der Waals surface area contributed by atoms with E-state index in [1.807, 2.05) is 45.3 Å². The molecule has 0 saturated carbocycles. The number of hydrogen-bond acceptors (Lipinski definition) is 4. The number of alkyl carbamates (subject to hydrolysis) is 1. The second kappa shape index (κ2) is 6.89. The zero-order valence-corrected chi connectivity index (χ0v) is 13.1. The van der Waals surface area contributed by atoms with Crippen molar-refractivity contribution in [1.82, 2.24) is 15.2 Å². The number of pyridine rings is 1.